The Balaban J connectivity index is 1.54. The van der Waals surface area contributed by atoms with Crippen molar-refractivity contribution in [2.24, 2.45) is 5.92 Å². The number of esters is 1. The normalized spacial score (nSPS) is 15.6. The summed E-state index contributed by atoms with van der Waals surface area (Å²) in [5.41, 5.74) is 1.08. The highest BCUT2D eigenvalue weighted by molar-refractivity contribution is 6.30. The van der Waals surface area contributed by atoms with Crippen LogP contribution >= 0.6 is 11.6 Å². The zero-order valence-corrected chi connectivity index (χ0v) is 17.3. The molecule has 1 aliphatic rings. The number of halogens is 1. The number of methoxy groups -OCH3 is 2. The first-order valence-corrected chi connectivity index (χ1v) is 9.53. The van der Waals surface area contributed by atoms with Gasteiger partial charge in [-0.3, -0.25) is 14.4 Å². The molecular weight excluding hydrogens is 412 g/mol. The zero-order valence-electron chi connectivity index (χ0n) is 16.5. The first kappa shape index (κ1) is 21.4. The summed E-state index contributed by atoms with van der Waals surface area (Å²) in [6.45, 7) is -0.285. The van der Waals surface area contributed by atoms with Crippen LogP contribution in [0.25, 0.3) is 0 Å². The molecule has 9 heteroatoms. The van der Waals surface area contributed by atoms with Crippen LogP contribution in [0.4, 0.5) is 11.4 Å². The topological polar surface area (TPSA) is 94.2 Å². The Morgan fingerprint density at radius 3 is 2.53 bits per heavy atom. The Labute approximate surface area is 178 Å². The Morgan fingerprint density at radius 1 is 1.13 bits per heavy atom. The molecule has 2 amide bonds. The van der Waals surface area contributed by atoms with Gasteiger partial charge in [0.15, 0.2) is 6.61 Å². The average molecular weight is 433 g/mol. The predicted octanol–water partition coefficient (Wildman–Crippen LogP) is 2.89. The van der Waals surface area contributed by atoms with E-state index in [2.05, 4.69) is 5.32 Å². The number of hydrogen-bond acceptors (Lipinski definition) is 6. The van der Waals surface area contributed by atoms with Gasteiger partial charge in [0, 0.05) is 29.7 Å². The van der Waals surface area contributed by atoms with E-state index in [0.29, 0.717) is 27.9 Å². The van der Waals surface area contributed by atoms with E-state index in [0.717, 1.165) is 0 Å². The number of benzene rings is 2. The van der Waals surface area contributed by atoms with Gasteiger partial charge in [-0.1, -0.05) is 11.6 Å². The molecule has 8 nitrogen and oxygen atoms in total. The van der Waals surface area contributed by atoms with E-state index in [9.17, 15) is 14.4 Å². The van der Waals surface area contributed by atoms with E-state index in [1.165, 1.54) is 19.1 Å². The van der Waals surface area contributed by atoms with Crippen molar-refractivity contribution in [3.63, 3.8) is 0 Å². The van der Waals surface area contributed by atoms with Crippen molar-refractivity contribution >= 4 is 40.8 Å². The molecule has 1 atom stereocenters. The van der Waals surface area contributed by atoms with E-state index in [-0.39, 0.29) is 18.9 Å². The van der Waals surface area contributed by atoms with Crippen LogP contribution in [0.3, 0.4) is 0 Å². The molecular formula is C21H21ClN2O6. The van der Waals surface area contributed by atoms with E-state index < -0.39 is 24.4 Å². The summed E-state index contributed by atoms with van der Waals surface area (Å²) >= 11 is 5.87. The number of hydrogen-bond donors (Lipinski definition) is 1. The summed E-state index contributed by atoms with van der Waals surface area (Å²) in [5, 5.41) is 3.18. The van der Waals surface area contributed by atoms with Crippen LogP contribution in [0, 0.1) is 5.92 Å². The number of amides is 2. The zero-order chi connectivity index (χ0) is 21.7. The first-order chi connectivity index (χ1) is 14.4. The Hall–Kier alpha value is -3.26. The highest BCUT2D eigenvalue weighted by atomic mass is 35.5. The fourth-order valence-electron chi connectivity index (χ4n) is 3.08. The van der Waals surface area contributed by atoms with Gasteiger partial charge >= 0.3 is 5.97 Å². The van der Waals surface area contributed by atoms with Crippen LogP contribution in [0.1, 0.15) is 6.42 Å². The molecule has 2 aromatic rings. The lowest BCUT2D eigenvalue weighted by Crippen LogP contribution is -2.28. The van der Waals surface area contributed by atoms with Crippen molar-refractivity contribution in [1.29, 1.82) is 0 Å². The van der Waals surface area contributed by atoms with Crippen LogP contribution in [-0.2, 0) is 19.1 Å². The molecule has 3 rings (SSSR count). The van der Waals surface area contributed by atoms with Crippen LogP contribution < -0.4 is 19.7 Å². The lowest BCUT2D eigenvalue weighted by Gasteiger charge is -2.16. The Bertz CT molecular complexity index is 947. The molecule has 0 spiro atoms. The molecule has 158 valence electrons. The van der Waals surface area contributed by atoms with Gasteiger partial charge in [0.05, 0.1) is 25.8 Å². The van der Waals surface area contributed by atoms with E-state index >= 15 is 0 Å². The summed E-state index contributed by atoms with van der Waals surface area (Å²) < 4.78 is 15.4. The van der Waals surface area contributed by atoms with Gasteiger partial charge < -0.3 is 24.4 Å². The first-order valence-electron chi connectivity index (χ1n) is 9.15. The Kier molecular flexibility index (Phi) is 6.79. The SMILES string of the molecule is COc1ccc(NC(=O)COC(=O)[C@@H]2CC(=O)N(c3ccc(Cl)cc3)C2)c(OC)c1. The van der Waals surface area contributed by atoms with Gasteiger partial charge in [-0.2, -0.15) is 0 Å². The lowest BCUT2D eigenvalue weighted by molar-refractivity contribution is -0.151. The van der Waals surface area contributed by atoms with E-state index in [1.54, 1.807) is 42.5 Å². The monoisotopic (exact) mass is 432 g/mol. The third-order valence-electron chi connectivity index (χ3n) is 4.62. The molecule has 2 aromatic carbocycles. The van der Waals surface area contributed by atoms with Gasteiger partial charge in [-0.25, -0.2) is 0 Å². The molecule has 1 aliphatic heterocycles. The second-order valence-corrected chi connectivity index (χ2v) is 7.04. The second kappa shape index (κ2) is 9.49. The quantitative estimate of drug-likeness (QED) is 0.676. The summed E-state index contributed by atoms with van der Waals surface area (Å²) in [6.07, 6.45) is 0.0232. The van der Waals surface area contributed by atoms with Crippen molar-refractivity contribution in [1.82, 2.24) is 0 Å². The fraction of sp³-hybridized carbons (Fsp3) is 0.286. The van der Waals surface area contributed by atoms with Crippen molar-refractivity contribution < 1.29 is 28.6 Å². The van der Waals surface area contributed by atoms with Crippen LogP contribution in [-0.4, -0.2) is 45.2 Å². The smallest absolute Gasteiger partial charge is 0.311 e. The minimum atomic E-state index is -0.642. The second-order valence-electron chi connectivity index (χ2n) is 6.60. The summed E-state index contributed by atoms with van der Waals surface area (Å²) in [5.74, 6) is -0.966. The van der Waals surface area contributed by atoms with Crippen LogP contribution in [0.5, 0.6) is 11.5 Å². The molecule has 0 aromatic heterocycles. The molecule has 1 heterocycles. The maximum atomic E-state index is 12.3. The summed E-state index contributed by atoms with van der Waals surface area (Å²) in [4.78, 5) is 38.3. The number of rotatable bonds is 7. The van der Waals surface area contributed by atoms with Gasteiger partial charge in [-0.05, 0) is 36.4 Å². The van der Waals surface area contributed by atoms with Crippen molar-refractivity contribution in [2.45, 2.75) is 6.42 Å². The maximum absolute atomic E-state index is 12.3. The molecule has 0 aliphatic carbocycles. The largest absolute Gasteiger partial charge is 0.497 e. The molecule has 0 unspecified atom stereocenters. The van der Waals surface area contributed by atoms with Gasteiger partial charge in [0.1, 0.15) is 11.5 Å². The van der Waals surface area contributed by atoms with Gasteiger partial charge in [0.2, 0.25) is 5.91 Å². The highest BCUT2D eigenvalue weighted by Gasteiger charge is 2.36. The molecule has 0 saturated carbocycles. The third-order valence-corrected chi connectivity index (χ3v) is 4.88. The number of nitrogens with one attached hydrogen (secondary N) is 1. The highest BCUT2D eigenvalue weighted by Crippen LogP contribution is 2.29. The molecule has 30 heavy (non-hydrogen) atoms. The number of anilines is 2. The summed E-state index contributed by atoms with van der Waals surface area (Å²) in [7, 11) is 2.99. The maximum Gasteiger partial charge on any atom is 0.311 e. The minimum Gasteiger partial charge on any atom is -0.497 e. The number of ether oxygens (including phenoxy) is 3. The fourth-order valence-corrected chi connectivity index (χ4v) is 3.20. The van der Waals surface area contributed by atoms with E-state index in [1.807, 2.05) is 0 Å². The Morgan fingerprint density at radius 2 is 1.87 bits per heavy atom. The minimum absolute atomic E-state index is 0.0232. The average Bonchev–Trinajstić information content (AvgIpc) is 3.14. The third kappa shape index (κ3) is 5.01. The molecule has 0 radical (unpaired) electrons. The molecule has 1 saturated heterocycles. The van der Waals surface area contributed by atoms with Gasteiger partial charge in [0.25, 0.3) is 5.91 Å². The van der Waals surface area contributed by atoms with E-state index in [4.69, 9.17) is 25.8 Å². The van der Waals surface area contributed by atoms with Gasteiger partial charge in [-0.15, -0.1) is 0 Å². The van der Waals surface area contributed by atoms with Crippen molar-refractivity contribution in [3.8, 4) is 11.5 Å². The van der Waals surface area contributed by atoms with Crippen LogP contribution in [0.15, 0.2) is 42.5 Å². The van der Waals surface area contributed by atoms with Crippen molar-refractivity contribution in [2.75, 3.05) is 37.6 Å². The standard InChI is InChI=1S/C21H21ClN2O6/c1-28-16-7-8-17(18(10-16)29-2)23-19(25)12-30-21(27)13-9-20(26)24(11-13)15-5-3-14(22)4-6-15/h3-8,10,13H,9,11-12H2,1-2H3,(H,23,25)/t13-/m1/s1. The molecule has 1 fully saturated rings. The van der Waals surface area contributed by atoms with Crippen LogP contribution in [0.2, 0.25) is 5.02 Å². The predicted molar refractivity (Wildman–Crippen MR) is 111 cm³/mol. The molecule has 1 N–H and O–H groups in total. The summed E-state index contributed by atoms with van der Waals surface area (Å²) in [6, 6.07) is 11.7. The molecule has 0 bridgehead atoms. The van der Waals surface area contributed by atoms with Crippen molar-refractivity contribution in [3.05, 3.63) is 47.5 Å². The number of nitrogens with zero attached hydrogens (tertiary/aromatic N) is 1. The number of carbonyl (C=O) groups is 3. The number of carbonyl (C=O) groups excluding carboxylic acids is 3. The lowest BCUT2D eigenvalue weighted by atomic mass is 10.1.